The zero-order chi connectivity index (χ0) is 14.5. The molecule has 0 spiro atoms. The van der Waals surface area contributed by atoms with Crippen LogP contribution in [0.5, 0.6) is 0 Å². The van der Waals surface area contributed by atoms with Crippen molar-refractivity contribution in [1.82, 2.24) is 20.0 Å². The van der Waals surface area contributed by atoms with E-state index >= 15 is 0 Å². The molecule has 9 heteroatoms. The zero-order valence-corrected chi connectivity index (χ0v) is 11.3. The molecule has 2 heterocycles. The molecule has 3 rings (SSSR count). The van der Waals surface area contributed by atoms with Crippen LogP contribution < -0.4 is 5.73 Å². The summed E-state index contributed by atoms with van der Waals surface area (Å²) in [5, 5.41) is 9.53. The maximum Gasteiger partial charge on any atom is 0.436 e. The third-order valence-corrected chi connectivity index (χ3v) is 3.43. The quantitative estimate of drug-likeness (QED) is 0.711. The summed E-state index contributed by atoms with van der Waals surface area (Å²) in [5.74, 6) is -0.161. The Labute approximate surface area is 118 Å². The van der Waals surface area contributed by atoms with Crippen molar-refractivity contribution in [3.63, 3.8) is 0 Å². The number of aromatic amines is 1. The summed E-state index contributed by atoms with van der Waals surface area (Å²) in [6.45, 7) is 0. The minimum Gasteiger partial charge on any atom is -0.383 e. The molecule has 3 aromatic rings. The average Bonchev–Trinajstić information content (AvgIpc) is 2.91. The van der Waals surface area contributed by atoms with Gasteiger partial charge in [0, 0.05) is 4.47 Å². The summed E-state index contributed by atoms with van der Waals surface area (Å²) in [6, 6.07) is 6.77. The number of hydrogen-bond acceptors (Lipinski definition) is 3. The Morgan fingerprint density at radius 2 is 1.95 bits per heavy atom. The van der Waals surface area contributed by atoms with Crippen LogP contribution in [-0.4, -0.2) is 20.0 Å². The number of rotatable bonds is 1. The summed E-state index contributed by atoms with van der Waals surface area (Å²) in [7, 11) is 0. The largest absolute Gasteiger partial charge is 0.436 e. The van der Waals surface area contributed by atoms with E-state index in [0.717, 1.165) is 4.68 Å². The highest BCUT2D eigenvalue weighted by atomic mass is 79.9. The lowest BCUT2D eigenvalue weighted by molar-refractivity contribution is -0.140. The number of alkyl halides is 3. The van der Waals surface area contributed by atoms with Gasteiger partial charge < -0.3 is 5.73 Å². The number of benzene rings is 1. The molecule has 0 saturated heterocycles. The first-order valence-electron chi connectivity index (χ1n) is 5.44. The van der Waals surface area contributed by atoms with Gasteiger partial charge in [0.25, 0.3) is 0 Å². The second kappa shape index (κ2) is 4.23. The van der Waals surface area contributed by atoms with Gasteiger partial charge in [-0.3, -0.25) is 5.10 Å². The highest BCUT2D eigenvalue weighted by Crippen LogP contribution is 2.37. The Bertz CT molecular complexity index is 789. The third-order valence-electron chi connectivity index (χ3n) is 2.76. The van der Waals surface area contributed by atoms with E-state index < -0.39 is 11.9 Å². The molecule has 0 bridgehead atoms. The predicted octanol–water partition coefficient (Wildman–Crippen LogP) is 3.11. The van der Waals surface area contributed by atoms with E-state index in [0.29, 0.717) is 10.2 Å². The second-order valence-corrected chi connectivity index (χ2v) is 4.90. The molecule has 104 valence electrons. The minimum absolute atomic E-state index is 0.0294. The number of hydrogen-bond donors (Lipinski definition) is 2. The summed E-state index contributed by atoms with van der Waals surface area (Å²) in [4.78, 5) is 0. The SMILES string of the molecule is Nc1[nH]nc2c1c(C(F)(F)F)nn2-c1ccccc1Br. The van der Waals surface area contributed by atoms with Crippen LogP contribution in [-0.2, 0) is 6.18 Å². The van der Waals surface area contributed by atoms with Gasteiger partial charge in [0.15, 0.2) is 11.3 Å². The van der Waals surface area contributed by atoms with Crippen molar-refractivity contribution >= 4 is 32.8 Å². The first-order valence-corrected chi connectivity index (χ1v) is 6.23. The molecule has 0 atom stereocenters. The molecule has 3 N–H and O–H groups in total. The summed E-state index contributed by atoms with van der Waals surface area (Å²) in [5.41, 5.74) is 4.93. The lowest BCUT2D eigenvalue weighted by atomic mass is 10.3. The van der Waals surface area contributed by atoms with Gasteiger partial charge in [-0.2, -0.15) is 23.4 Å². The van der Waals surface area contributed by atoms with Gasteiger partial charge in [-0.1, -0.05) is 12.1 Å². The smallest absolute Gasteiger partial charge is 0.383 e. The normalized spacial score (nSPS) is 12.2. The van der Waals surface area contributed by atoms with Gasteiger partial charge >= 0.3 is 6.18 Å². The van der Waals surface area contributed by atoms with E-state index in [-0.39, 0.29) is 16.9 Å². The lowest BCUT2D eigenvalue weighted by Gasteiger charge is -2.05. The highest BCUT2D eigenvalue weighted by molar-refractivity contribution is 9.10. The minimum atomic E-state index is -4.61. The second-order valence-electron chi connectivity index (χ2n) is 4.05. The highest BCUT2D eigenvalue weighted by Gasteiger charge is 2.39. The number of H-pyrrole nitrogens is 1. The molecule has 5 nitrogen and oxygen atoms in total. The van der Waals surface area contributed by atoms with Crippen molar-refractivity contribution in [1.29, 1.82) is 0 Å². The fourth-order valence-corrected chi connectivity index (χ4v) is 2.37. The standard InChI is InChI=1S/C11H7BrF3N5/c12-5-3-1-2-4-6(5)20-10-7(9(16)17-18-10)8(19-20)11(13,14)15/h1-4H,(H3,16,17,18). The van der Waals surface area contributed by atoms with Crippen molar-refractivity contribution in [2.75, 3.05) is 5.73 Å². The molecule has 2 aromatic heterocycles. The average molecular weight is 346 g/mol. The topological polar surface area (TPSA) is 72.5 Å². The van der Waals surface area contributed by atoms with E-state index in [1.54, 1.807) is 24.3 Å². The van der Waals surface area contributed by atoms with Crippen LogP contribution in [0, 0.1) is 0 Å². The number of nitrogens with two attached hydrogens (primary N) is 1. The monoisotopic (exact) mass is 345 g/mol. The number of fused-ring (bicyclic) bond motifs is 1. The predicted molar refractivity (Wildman–Crippen MR) is 70.3 cm³/mol. The number of para-hydroxylation sites is 1. The van der Waals surface area contributed by atoms with Gasteiger partial charge in [-0.25, -0.2) is 4.68 Å². The van der Waals surface area contributed by atoms with Crippen molar-refractivity contribution in [2.24, 2.45) is 0 Å². The number of nitrogen functional groups attached to an aromatic ring is 1. The number of nitrogens with zero attached hydrogens (tertiary/aromatic N) is 3. The maximum absolute atomic E-state index is 13.0. The first-order chi connectivity index (χ1) is 9.39. The molecule has 0 unspecified atom stereocenters. The molecule has 0 aliphatic carbocycles. The molecule has 20 heavy (non-hydrogen) atoms. The molecular weight excluding hydrogens is 339 g/mol. The number of aromatic nitrogens is 4. The van der Waals surface area contributed by atoms with E-state index in [1.807, 2.05) is 0 Å². The van der Waals surface area contributed by atoms with Crippen LogP contribution in [0.4, 0.5) is 19.0 Å². The van der Waals surface area contributed by atoms with Crippen molar-refractivity contribution < 1.29 is 13.2 Å². The number of anilines is 1. The molecule has 0 fully saturated rings. The van der Waals surface area contributed by atoms with Crippen LogP contribution >= 0.6 is 15.9 Å². The fourth-order valence-electron chi connectivity index (χ4n) is 1.92. The van der Waals surface area contributed by atoms with E-state index in [9.17, 15) is 13.2 Å². The maximum atomic E-state index is 13.0. The number of halogens is 4. The van der Waals surface area contributed by atoms with Crippen LogP contribution in [0.1, 0.15) is 5.69 Å². The van der Waals surface area contributed by atoms with E-state index in [2.05, 4.69) is 31.2 Å². The Morgan fingerprint density at radius 1 is 1.25 bits per heavy atom. The Hall–Kier alpha value is -2.03. The van der Waals surface area contributed by atoms with Gasteiger partial charge in [0.1, 0.15) is 5.82 Å². The van der Waals surface area contributed by atoms with Gasteiger partial charge in [0.05, 0.1) is 11.1 Å². The summed E-state index contributed by atoms with van der Waals surface area (Å²) < 4.78 is 40.8. The zero-order valence-electron chi connectivity index (χ0n) is 9.74. The molecule has 0 aliphatic rings. The van der Waals surface area contributed by atoms with E-state index in [4.69, 9.17) is 5.73 Å². The molecule has 0 aliphatic heterocycles. The van der Waals surface area contributed by atoms with Crippen LogP contribution in [0.25, 0.3) is 16.7 Å². The Morgan fingerprint density at radius 3 is 2.60 bits per heavy atom. The molecular formula is C11H7BrF3N5. The van der Waals surface area contributed by atoms with Gasteiger partial charge in [0.2, 0.25) is 0 Å². The first kappa shape index (κ1) is 13.0. The van der Waals surface area contributed by atoms with Gasteiger partial charge in [-0.15, -0.1) is 0 Å². The Kier molecular flexibility index (Phi) is 2.75. The van der Waals surface area contributed by atoms with Crippen LogP contribution in [0.2, 0.25) is 0 Å². The number of nitrogens with one attached hydrogen (secondary N) is 1. The van der Waals surface area contributed by atoms with Crippen LogP contribution in [0.3, 0.4) is 0 Å². The summed E-state index contributed by atoms with van der Waals surface area (Å²) in [6.07, 6.45) is -4.61. The van der Waals surface area contributed by atoms with Crippen molar-refractivity contribution in [3.05, 3.63) is 34.4 Å². The summed E-state index contributed by atoms with van der Waals surface area (Å²) >= 11 is 3.27. The van der Waals surface area contributed by atoms with E-state index in [1.165, 1.54) is 0 Å². The van der Waals surface area contributed by atoms with Crippen LogP contribution in [0.15, 0.2) is 28.7 Å². The lowest BCUT2D eigenvalue weighted by Crippen LogP contribution is -2.09. The molecule has 0 saturated carbocycles. The van der Waals surface area contributed by atoms with Gasteiger partial charge in [-0.05, 0) is 28.1 Å². The van der Waals surface area contributed by atoms with Crippen molar-refractivity contribution in [2.45, 2.75) is 6.18 Å². The molecule has 0 radical (unpaired) electrons. The Balaban J connectivity index is 2.36. The van der Waals surface area contributed by atoms with Crippen molar-refractivity contribution in [3.8, 4) is 5.69 Å². The molecule has 0 amide bonds. The third kappa shape index (κ3) is 1.85. The molecule has 1 aromatic carbocycles. The fraction of sp³-hybridized carbons (Fsp3) is 0.0909.